The normalized spacial score (nSPS) is 27.8. The van der Waals surface area contributed by atoms with E-state index in [-0.39, 0.29) is 12.0 Å². The molecule has 15 heavy (non-hydrogen) atoms. The molecule has 0 spiro atoms. The van der Waals surface area contributed by atoms with E-state index in [1.165, 1.54) is 6.20 Å². The van der Waals surface area contributed by atoms with E-state index < -0.39 is 11.4 Å². The van der Waals surface area contributed by atoms with Crippen LogP contribution in [-0.2, 0) is 5.41 Å². The molecule has 1 aromatic heterocycles. The van der Waals surface area contributed by atoms with Crippen molar-refractivity contribution in [2.45, 2.75) is 25.7 Å². The largest absolute Gasteiger partial charge is 0.395 e. The molecule has 0 aliphatic heterocycles. The molecule has 1 saturated carbocycles. The standard InChI is InChI=1S/C11H13BrFNO/c1-10(2)5-11(10,6-15)8-3-7(12)4-14-9(8)13/h3-4,15H,5-6H2,1-2H3. The number of pyridine rings is 1. The third kappa shape index (κ3) is 1.51. The van der Waals surface area contributed by atoms with E-state index in [4.69, 9.17) is 0 Å². The van der Waals surface area contributed by atoms with Crippen molar-refractivity contribution in [2.75, 3.05) is 6.61 Å². The van der Waals surface area contributed by atoms with Gasteiger partial charge >= 0.3 is 0 Å². The number of aromatic nitrogens is 1. The molecule has 1 fully saturated rings. The molecular formula is C11H13BrFNO. The van der Waals surface area contributed by atoms with Gasteiger partial charge in [-0.3, -0.25) is 0 Å². The predicted molar refractivity (Wildman–Crippen MR) is 59.1 cm³/mol. The van der Waals surface area contributed by atoms with E-state index in [0.717, 1.165) is 10.9 Å². The van der Waals surface area contributed by atoms with Crippen LogP contribution in [0, 0.1) is 11.4 Å². The zero-order chi connectivity index (χ0) is 11.3. The van der Waals surface area contributed by atoms with Crippen LogP contribution in [0.1, 0.15) is 25.8 Å². The second kappa shape index (κ2) is 3.25. The number of rotatable bonds is 2. The van der Waals surface area contributed by atoms with E-state index in [9.17, 15) is 9.50 Å². The first-order valence-corrected chi connectivity index (χ1v) is 5.65. The Bertz CT molecular complexity index is 408. The van der Waals surface area contributed by atoms with Gasteiger partial charge in [0.05, 0.1) is 6.61 Å². The highest BCUT2D eigenvalue weighted by atomic mass is 79.9. The molecule has 0 aromatic carbocycles. The molecule has 1 aliphatic carbocycles. The molecule has 1 aliphatic rings. The van der Waals surface area contributed by atoms with Crippen molar-refractivity contribution in [1.29, 1.82) is 0 Å². The topological polar surface area (TPSA) is 33.1 Å². The molecule has 0 amide bonds. The monoisotopic (exact) mass is 273 g/mol. The molecule has 0 radical (unpaired) electrons. The van der Waals surface area contributed by atoms with Gasteiger partial charge in [-0.05, 0) is 33.8 Å². The number of nitrogens with zero attached hydrogens (tertiary/aromatic N) is 1. The number of hydrogen-bond donors (Lipinski definition) is 1. The molecule has 1 heterocycles. The summed E-state index contributed by atoms with van der Waals surface area (Å²) in [6.45, 7) is 4.03. The Morgan fingerprint density at radius 1 is 1.60 bits per heavy atom. The molecule has 1 N–H and O–H groups in total. The number of hydrogen-bond acceptors (Lipinski definition) is 2. The van der Waals surface area contributed by atoms with Crippen molar-refractivity contribution in [1.82, 2.24) is 4.98 Å². The Hall–Kier alpha value is -0.480. The van der Waals surface area contributed by atoms with Gasteiger partial charge in [0, 0.05) is 21.6 Å². The van der Waals surface area contributed by atoms with E-state index in [0.29, 0.717) is 5.56 Å². The molecule has 2 rings (SSSR count). The summed E-state index contributed by atoms with van der Waals surface area (Å²) in [4.78, 5) is 3.67. The third-order valence-electron chi connectivity index (χ3n) is 3.51. The fourth-order valence-corrected chi connectivity index (χ4v) is 2.61. The smallest absolute Gasteiger partial charge is 0.216 e. The highest BCUT2D eigenvalue weighted by Crippen LogP contribution is 2.64. The lowest BCUT2D eigenvalue weighted by atomic mass is 9.89. The van der Waals surface area contributed by atoms with E-state index >= 15 is 0 Å². The minimum Gasteiger partial charge on any atom is -0.395 e. The van der Waals surface area contributed by atoms with E-state index in [1.807, 2.05) is 13.8 Å². The van der Waals surface area contributed by atoms with Crippen molar-refractivity contribution < 1.29 is 9.50 Å². The van der Waals surface area contributed by atoms with Crippen molar-refractivity contribution >= 4 is 15.9 Å². The second-order valence-electron chi connectivity index (χ2n) is 4.79. The summed E-state index contributed by atoms with van der Waals surface area (Å²) < 4.78 is 14.3. The molecule has 2 nitrogen and oxygen atoms in total. The Morgan fingerprint density at radius 2 is 2.20 bits per heavy atom. The van der Waals surface area contributed by atoms with Crippen LogP contribution in [-0.4, -0.2) is 16.7 Å². The SMILES string of the molecule is CC1(C)CC1(CO)c1cc(Br)cnc1F. The minimum atomic E-state index is -0.474. The second-order valence-corrected chi connectivity index (χ2v) is 5.71. The van der Waals surface area contributed by atoms with Crippen molar-refractivity contribution in [3.8, 4) is 0 Å². The maximum atomic E-state index is 13.6. The maximum Gasteiger partial charge on any atom is 0.216 e. The lowest BCUT2D eigenvalue weighted by Gasteiger charge is -2.18. The van der Waals surface area contributed by atoms with Gasteiger partial charge in [0.25, 0.3) is 0 Å². The molecule has 1 unspecified atom stereocenters. The first-order valence-electron chi connectivity index (χ1n) is 4.85. The summed E-state index contributed by atoms with van der Waals surface area (Å²) in [6.07, 6.45) is 2.23. The zero-order valence-electron chi connectivity index (χ0n) is 8.72. The van der Waals surface area contributed by atoms with Crippen LogP contribution < -0.4 is 0 Å². The molecule has 1 aromatic rings. The average Bonchev–Trinajstić information content (AvgIpc) is 2.74. The van der Waals surface area contributed by atoms with Gasteiger partial charge in [0.15, 0.2) is 0 Å². The van der Waals surface area contributed by atoms with Crippen LogP contribution >= 0.6 is 15.9 Å². The summed E-state index contributed by atoms with van der Waals surface area (Å²) in [7, 11) is 0. The Labute approximate surface area is 96.7 Å². The van der Waals surface area contributed by atoms with Crippen LogP contribution in [0.25, 0.3) is 0 Å². The van der Waals surface area contributed by atoms with E-state index in [2.05, 4.69) is 20.9 Å². The summed E-state index contributed by atoms with van der Waals surface area (Å²) in [5.74, 6) is -0.474. The summed E-state index contributed by atoms with van der Waals surface area (Å²) in [5.41, 5.74) is 0.0169. The van der Waals surface area contributed by atoms with Gasteiger partial charge < -0.3 is 5.11 Å². The van der Waals surface area contributed by atoms with Gasteiger partial charge in [-0.25, -0.2) is 4.98 Å². The summed E-state index contributed by atoms with van der Waals surface area (Å²) in [5, 5.41) is 9.45. The summed E-state index contributed by atoms with van der Waals surface area (Å²) in [6, 6.07) is 1.72. The first kappa shape index (κ1) is 11.0. The third-order valence-corrected chi connectivity index (χ3v) is 3.94. The Kier molecular flexibility index (Phi) is 2.39. The molecule has 0 bridgehead atoms. The number of aliphatic hydroxyl groups is 1. The van der Waals surface area contributed by atoms with Crippen LogP contribution in [0.15, 0.2) is 16.7 Å². The highest BCUT2D eigenvalue weighted by Gasteiger charge is 2.62. The fourth-order valence-electron chi connectivity index (χ4n) is 2.28. The van der Waals surface area contributed by atoms with E-state index in [1.54, 1.807) is 6.07 Å². The van der Waals surface area contributed by atoms with Crippen LogP contribution in [0.2, 0.25) is 0 Å². The fraction of sp³-hybridized carbons (Fsp3) is 0.545. The number of aliphatic hydroxyl groups excluding tert-OH is 1. The predicted octanol–water partition coefficient (Wildman–Crippen LogP) is 2.64. The van der Waals surface area contributed by atoms with Gasteiger partial charge in [-0.15, -0.1) is 0 Å². The molecular weight excluding hydrogens is 261 g/mol. The van der Waals surface area contributed by atoms with Crippen LogP contribution in [0.5, 0.6) is 0 Å². The molecule has 4 heteroatoms. The van der Waals surface area contributed by atoms with Gasteiger partial charge in [0.2, 0.25) is 5.95 Å². The van der Waals surface area contributed by atoms with Crippen LogP contribution in [0.3, 0.4) is 0 Å². The van der Waals surface area contributed by atoms with Crippen molar-refractivity contribution in [2.24, 2.45) is 5.41 Å². The maximum absolute atomic E-state index is 13.6. The molecule has 82 valence electrons. The lowest BCUT2D eigenvalue weighted by Crippen LogP contribution is -2.21. The Balaban J connectivity index is 2.50. The minimum absolute atomic E-state index is 0.0327. The van der Waals surface area contributed by atoms with Crippen molar-refractivity contribution in [3.63, 3.8) is 0 Å². The van der Waals surface area contributed by atoms with Gasteiger partial charge in [-0.1, -0.05) is 13.8 Å². The van der Waals surface area contributed by atoms with Gasteiger partial charge in [0.1, 0.15) is 0 Å². The average molecular weight is 274 g/mol. The quantitative estimate of drug-likeness (QED) is 0.841. The number of halogens is 2. The van der Waals surface area contributed by atoms with Crippen molar-refractivity contribution in [3.05, 3.63) is 28.2 Å². The summed E-state index contributed by atoms with van der Waals surface area (Å²) >= 11 is 3.27. The Morgan fingerprint density at radius 3 is 2.67 bits per heavy atom. The lowest BCUT2D eigenvalue weighted by molar-refractivity contribution is 0.227. The zero-order valence-corrected chi connectivity index (χ0v) is 10.3. The highest BCUT2D eigenvalue weighted by molar-refractivity contribution is 9.10. The first-order chi connectivity index (χ1) is 6.93. The van der Waals surface area contributed by atoms with Gasteiger partial charge in [-0.2, -0.15) is 4.39 Å². The van der Waals surface area contributed by atoms with Crippen LogP contribution in [0.4, 0.5) is 4.39 Å². The molecule has 0 saturated heterocycles. The molecule has 1 atom stereocenters.